The maximum absolute atomic E-state index is 12.5. The Balaban J connectivity index is 2.32. The number of nitrogens with zero attached hydrogens (tertiary/aromatic N) is 1. The molecule has 0 aromatic heterocycles. The Labute approximate surface area is 170 Å². The van der Waals surface area contributed by atoms with Crippen LogP contribution in [0.2, 0.25) is 0 Å². The Hall–Kier alpha value is -3.89. The normalized spacial score (nSPS) is 10.7. The minimum Gasteiger partial charge on any atom is -0.497 e. The molecule has 11 heteroatoms. The predicted molar refractivity (Wildman–Crippen MR) is 103 cm³/mol. The van der Waals surface area contributed by atoms with E-state index in [1.54, 1.807) is 12.1 Å². The monoisotopic (exact) mass is 424 g/mol. The minimum absolute atomic E-state index is 0.0498. The number of halogens is 2. The topological polar surface area (TPSA) is 109 Å². The number of hydrogen-bond donors (Lipinski definition) is 1. The van der Waals surface area contributed by atoms with Gasteiger partial charge in [-0.15, -0.1) is 0 Å². The van der Waals surface area contributed by atoms with Gasteiger partial charge in [-0.05, 0) is 24.3 Å². The molecule has 30 heavy (non-hydrogen) atoms. The van der Waals surface area contributed by atoms with E-state index in [9.17, 15) is 23.7 Å². The highest BCUT2D eigenvalue weighted by atomic mass is 19.3. The zero-order chi connectivity index (χ0) is 22.3. The van der Waals surface area contributed by atoms with Crippen LogP contribution in [0.4, 0.5) is 20.2 Å². The number of benzene rings is 2. The number of carbonyl (C=O) groups is 1. The molecule has 0 aliphatic rings. The number of nitro benzene ring substituents is 1. The van der Waals surface area contributed by atoms with Crippen LogP contribution in [-0.4, -0.2) is 38.8 Å². The van der Waals surface area contributed by atoms with Crippen LogP contribution < -0.4 is 24.3 Å². The molecule has 2 aromatic rings. The summed E-state index contributed by atoms with van der Waals surface area (Å²) in [6, 6.07) is 6.69. The van der Waals surface area contributed by atoms with Gasteiger partial charge in [-0.2, -0.15) is 8.78 Å². The van der Waals surface area contributed by atoms with Crippen LogP contribution in [0.5, 0.6) is 23.0 Å². The van der Waals surface area contributed by atoms with Gasteiger partial charge in [-0.3, -0.25) is 14.9 Å². The first kappa shape index (κ1) is 22.4. The second-order valence-corrected chi connectivity index (χ2v) is 5.59. The second kappa shape index (κ2) is 10.0. The summed E-state index contributed by atoms with van der Waals surface area (Å²) in [5.74, 6) is -0.427. The Morgan fingerprint density at radius 2 is 1.77 bits per heavy atom. The molecular weight excluding hydrogens is 406 g/mol. The van der Waals surface area contributed by atoms with E-state index in [4.69, 9.17) is 14.2 Å². The molecule has 160 valence electrons. The third-order valence-corrected chi connectivity index (χ3v) is 3.80. The average Bonchev–Trinajstić information content (AvgIpc) is 2.71. The number of nitro groups is 1. The molecule has 0 heterocycles. The zero-order valence-electron chi connectivity index (χ0n) is 16.2. The van der Waals surface area contributed by atoms with Gasteiger partial charge >= 0.3 is 6.61 Å². The van der Waals surface area contributed by atoms with Crippen molar-refractivity contribution >= 4 is 23.4 Å². The Kier molecular flexibility index (Phi) is 7.50. The smallest absolute Gasteiger partial charge is 0.387 e. The van der Waals surface area contributed by atoms with Gasteiger partial charge < -0.3 is 24.3 Å². The number of methoxy groups -OCH3 is 3. The molecule has 0 saturated heterocycles. The number of amides is 1. The van der Waals surface area contributed by atoms with E-state index in [2.05, 4.69) is 10.1 Å². The van der Waals surface area contributed by atoms with Crippen molar-refractivity contribution in [2.45, 2.75) is 6.61 Å². The van der Waals surface area contributed by atoms with Crippen LogP contribution in [0, 0.1) is 10.1 Å². The number of carbonyl (C=O) groups excluding carboxylic acids is 1. The van der Waals surface area contributed by atoms with Crippen LogP contribution in [-0.2, 0) is 4.79 Å². The number of rotatable bonds is 9. The van der Waals surface area contributed by atoms with E-state index in [1.165, 1.54) is 27.4 Å². The lowest BCUT2D eigenvalue weighted by Gasteiger charge is -2.11. The lowest BCUT2D eigenvalue weighted by Crippen LogP contribution is -2.09. The highest BCUT2D eigenvalue weighted by Crippen LogP contribution is 2.36. The van der Waals surface area contributed by atoms with Crippen LogP contribution in [0.3, 0.4) is 0 Å². The highest BCUT2D eigenvalue weighted by molar-refractivity contribution is 6.03. The van der Waals surface area contributed by atoms with Gasteiger partial charge in [0.15, 0.2) is 11.5 Å². The van der Waals surface area contributed by atoms with E-state index >= 15 is 0 Å². The summed E-state index contributed by atoms with van der Waals surface area (Å²) in [4.78, 5) is 22.8. The van der Waals surface area contributed by atoms with E-state index in [0.717, 1.165) is 24.3 Å². The van der Waals surface area contributed by atoms with E-state index in [0.29, 0.717) is 17.2 Å². The molecule has 0 bridgehead atoms. The summed E-state index contributed by atoms with van der Waals surface area (Å²) in [6.07, 6.45) is 2.18. The van der Waals surface area contributed by atoms with Crippen molar-refractivity contribution in [3.8, 4) is 23.0 Å². The van der Waals surface area contributed by atoms with Crippen molar-refractivity contribution in [1.82, 2.24) is 0 Å². The third-order valence-electron chi connectivity index (χ3n) is 3.80. The maximum Gasteiger partial charge on any atom is 0.387 e. The van der Waals surface area contributed by atoms with Crippen molar-refractivity contribution in [1.29, 1.82) is 0 Å². The molecule has 1 N–H and O–H groups in total. The summed E-state index contributed by atoms with van der Waals surface area (Å²) in [5.41, 5.74) is -0.278. The molecular formula is C19H18F2N2O7. The lowest BCUT2D eigenvalue weighted by atomic mass is 10.1. The summed E-state index contributed by atoms with van der Waals surface area (Å²) in [6.45, 7) is -3.19. The number of nitrogens with one attached hydrogen (secondary N) is 1. The van der Waals surface area contributed by atoms with Gasteiger partial charge in [0, 0.05) is 12.1 Å². The van der Waals surface area contributed by atoms with Gasteiger partial charge in [-0.25, -0.2) is 0 Å². The summed E-state index contributed by atoms with van der Waals surface area (Å²) >= 11 is 0. The van der Waals surface area contributed by atoms with Crippen LogP contribution >= 0.6 is 0 Å². The maximum atomic E-state index is 12.5. The molecule has 0 saturated carbocycles. The standard InChI is InChI=1S/C19H18F2N2O7/c1-27-12-5-6-15(28-2)13(9-12)22-18(24)7-4-11-8-16(29-3)17(30-19(20)21)10-14(11)23(25)26/h4-10,19H,1-3H3,(H,22,24)/b7-4+. The van der Waals surface area contributed by atoms with Crippen molar-refractivity contribution < 1.29 is 37.4 Å². The van der Waals surface area contributed by atoms with Crippen LogP contribution in [0.25, 0.3) is 6.08 Å². The van der Waals surface area contributed by atoms with Crippen LogP contribution in [0.1, 0.15) is 5.56 Å². The second-order valence-electron chi connectivity index (χ2n) is 5.59. The zero-order valence-corrected chi connectivity index (χ0v) is 16.2. The minimum atomic E-state index is -3.19. The first-order chi connectivity index (χ1) is 14.3. The average molecular weight is 424 g/mol. The van der Waals surface area contributed by atoms with Crippen molar-refractivity contribution in [2.75, 3.05) is 26.6 Å². The number of anilines is 1. The molecule has 0 aliphatic carbocycles. The van der Waals surface area contributed by atoms with Gasteiger partial charge in [0.2, 0.25) is 5.91 Å². The molecule has 0 radical (unpaired) electrons. The van der Waals surface area contributed by atoms with Gasteiger partial charge in [0.1, 0.15) is 11.5 Å². The van der Waals surface area contributed by atoms with Gasteiger partial charge in [0.05, 0.1) is 43.6 Å². The van der Waals surface area contributed by atoms with Gasteiger partial charge in [0.25, 0.3) is 5.69 Å². The van der Waals surface area contributed by atoms with Gasteiger partial charge in [-0.1, -0.05) is 0 Å². The molecule has 0 aliphatic heterocycles. The van der Waals surface area contributed by atoms with Crippen molar-refractivity contribution in [2.24, 2.45) is 0 Å². The largest absolute Gasteiger partial charge is 0.497 e. The third kappa shape index (κ3) is 5.56. The quantitative estimate of drug-likeness (QED) is 0.370. The number of alkyl halides is 2. The Bertz CT molecular complexity index is 964. The van der Waals surface area contributed by atoms with Crippen LogP contribution in [0.15, 0.2) is 36.4 Å². The Morgan fingerprint density at radius 3 is 2.33 bits per heavy atom. The Morgan fingerprint density at radius 1 is 1.07 bits per heavy atom. The van der Waals surface area contributed by atoms with Crippen molar-refractivity contribution in [3.05, 3.63) is 52.1 Å². The van der Waals surface area contributed by atoms with E-state index in [-0.39, 0.29) is 11.3 Å². The molecule has 0 fully saturated rings. The molecule has 0 atom stereocenters. The van der Waals surface area contributed by atoms with E-state index < -0.39 is 28.9 Å². The molecule has 1 amide bonds. The number of ether oxygens (including phenoxy) is 4. The predicted octanol–water partition coefficient (Wildman–Crippen LogP) is 3.87. The SMILES string of the molecule is COc1ccc(OC)c(NC(=O)/C=C/c2cc(OC)c(OC(F)F)cc2[N+](=O)[O-])c1. The first-order valence-electron chi connectivity index (χ1n) is 8.31. The molecule has 0 unspecified atom stereocenters. The molecule has 0 spiro atoms. The summed E-state index contributed by atoms with van der Waals surface area (Å²) in [5, 5.41) is 13.9. The molecule has 2 rings (SSSR count). The lowest BCUT2D eigenvalue weighted by molar-refractivity contribution is -0.385. The van der Waals surface area contributed by atoms with Crippen molar-refractivity contribution in [3.63, 3.8) is 0 Å². The molecule has 2 aromatic carbocycles. The number of hydrogen-bond acceptors (Lipinski definition) is 7. The first-order valence-corrected chi connectivity index (χ1v) is 8.31. The fraction of sp³-hybridized carbons (Fsp3) is 0.211. The summed E-state index contributed by atoms with van der Waals surface area (Å²) in [7, 11) is 4.07. The molecule has 9 nitrogen and oxygen atoms in total. The summed E-state index contributed by atoms with van der Waals surface area (Å²) < 4.78 is 44.5. The highest BCUT2D eigenvalue weighted by Gasteiger charge is 2.20. The van der Waals surface area contributed by atoms with E-state index in [1.807, 2.05) is 0 Å². The fourth-order valence-corrected chi connectivity index (χ4v) is 2.46. The fourth-order valence-electron chi connectivity index (χ4n) is 2.46.